The van der Waals surface area contributed by atoms with Gasteiger partial charge >= 0.3 is 0 Å². The predicted molar refractivity (Wildman–Crippen MR) is 80.1 cm³/mol. The van der Waals surface area contributed by atoms with E-state index in [1.54, 1.807) is 0 Å². The van der Waals surface area contributed by atoms with E-state index in [1.165, 1.54) is 11.9 Å². The molecule has 8 heteroatoms. The van der Waals surface area contributed by atoms with Crippen molar-refractivity contribution in [2.75, 3.05) is 20.1 Å². The standard InChI is InChI=1S/C15H17ClF2N2O3/c1-19-11(21)7-15(23)5-2-6-20(8-15)14(22)9-3-4-10(17)12(16)13(9)18/h3-4,23H,2,5-8H2,1H3,(H,19,21). The molecule has 0 saturated carbocycles. The first-order chi connectivity index (χ1) is 10.8. The molecular formula is C15H17ClF2N2O3. The summed E-state index contributed by atoms with van der Waals surface area (Å²) in [5, 5.41) is 12.1. The Bertz CT molecular complexity index is 641. The first-order valence-corrected chi connectivity index (χ1v) is 7.51. The summed E-state index contributed by atoms with van der Waals surface area (Å²) in [5.41, 5.74) is -1.73. The predicted octanol–water partition coefficient (Wildman–Crippen LogP) is 1.72. The molecule has 1 atom stereocenters. The Balaban J connectivity index is 2.20. The molecule has 23 heavy (non-hydrogen) atoms. The van der Waals surface area contributed by atoms with Crippen LogP contribution >= 0.6 is 11.6 Å². The van der Waals surface area contributed by atoms with Gasteiger partial charge in [0.2, 0.25) is 5.91 Å². The summed E-state index contributed by atoms with van der Waals surface area (Å²) in [7, 11) is 1.45. The van der Waals surface area contributed by atoms with Crippen LogP contribution in [0.3, 0.4) is 0 Å². The molecule has 0 radical (unpaired) electrons. The molecule has 2 rings (SSSR count). The summed E-state index contributed by atoms with van der Waals surface area (Å²) in [6, 6.07) is 1.94. The van der Waals surface area contributed by atoms with Gasteiger partial charge in [0, 0.05) is 13.6 Å². The molecule has 2 amide bonds. The van der Waals surface area contributed by atoms with Crippen LogP contribution in [0.2, 0.25) is 5.02 Å². The van der Waals surface area contributed by atoms with Gasteiger partial charge in [-0.3, -0.25) is 9.59 Å². The number of carbonyl (C=O) groups excluding carboxylic acids is 2. The molecule has 1 fully saturated rings. The third-order valence-corrected chi connectivity index (χ3v) is 4.22. The Labute approximate surface area is 137 Å². The van der Waals surface area contributed by atoms with Crippen molar-refractivity contribution in [3.05, 3.63) is 34.4 Å². The molecular weight excluding hydrogens is 330 g/mol. The van der Waals surface area contributed by atoms with Gasteiger partial charge in [-0.2, -0.15) is 0 Å². The van der Waals surface area contributed by atoms with Gasteiger partial charge in [0.15, 0.2) is 5.82 Å². The summed E-state index contributed by atoms with van der Waals surface area (Å²) in [4.78, 5) is 25.1. The molecule has 0 spiro atoms. The zero-order valence-corrected chi connectivity index (χ0v) is 13.3. The number of likely N-dealkylation sites (tertiary alicyclic amines) is 1. The molecule has 0 aliphatic carbocycles. The summed E-state index contributed by atoms with van der Waals surface area (Å²) in [6.45, 7) is 0.205. The SMILES string of the molecule is CNC(=O)CC1(O)CCCN(C(=O)c2ccc(F)c(Cl)c2F)C1. The fraction of sp³-hybridized carbons (Fsp3) is 0.467. The smallest absolute Gasteiger partial charge is 0.256 e. The largest absolute Gasteiger partial charge is 0.388 e. The van der Waals surface area contributed by atoms with Crippen molar-refractivity contribution in [3.63, 3.8) is 0 Å². The van der Waals surface area contributed by atoms with Gasteiger partial charge in [-0.1, -0.05) is 11.6 Å². The minimum Gasteiger partial charge on any atom is -0.388 e. The third kappa shape index (κ3) is 3.79. The molecule has 0 bridgehead atoms. The van der Waals surface area contributed by atoms with E-state index < -0.39 is 28.2 Å². The lowest BCUT2D eigenvalue weighted by Crippen LogP contribution is -2.52. The fourth-order valence-corrected chi connectivity index (χ4v) is 2.84. The highest BCUT2D eigenvalue weighted by atomic mass is 35.5. The maximum atomic E-state index is 14.0. The number of nitrogens with one attached hydrogen (secondary N) is 1. The number of carbonyl (C=O) groups is 2. The Morgan fingerprint density at radius 3 is 2.78 bits per heavy atom. The van der Waals surface area contributed by atoms with E-state index in [0.717, 1.165) is 12.1 Å². The van der Waals surface area contributed by atoms with E-state index in [4.69, 9.17) is 11.6 Å². The zero-order chi connectivity index (χ0) is 17.2. The van der Waals surface area contributed by atoms with Crippen LogP contribution in [-0.2, 0) is 4.79 Å². The van der Waals surface area contributed by atoms with Crippen LogP contribution in [0.15, 0.2) is 12.1 Å². The highest BCUT2D eigenvalue weighted by Gasteiger charge is 2.37. The van der Waals surface area contributed by atoms with E-state index in [0.29, 0.717) is 19.4 Å². The monoisotopic (exact) mass is 346 g/mol. The number of hydrogen-bond acceptors (Lipinski definition) is 3. The third-order valence-electron chi connectivity index (χ3n) is 3.88. The van der Waals surface area contributed by atoms with Crippen molar-refractivity contribution in [1.29, 1.82) is 0 Å². The van der Waals surface area contributed by atoms with Gasteiger partial charge in [0.25, 0.3) is 5.91 Å². The number of nitrogens with zero attached hydrogens (tertiary/aromatic N) is 1. The summed E-state index contributed by atoms with van der Waals surface area (Å²) < 4.78 is 27.2. The number of amides is 2. The Hall–Kier alpha value is -1.73. The van der Waals surface area contributed by atoms with E-state index in [1.807, 2.05) is 0 Å². The fourth-order valence-electron chi connectivity index (χ4n) is 2.68. The maximum Gasteiger partial charge on any atom is 0.256 e. The molecule has 1 unspecified atom stereocenters. The van der Waals surface area contributed by atoms with Crippen LogP contribution in [-0.4, -0.2) is 47.6 Å². The van der Waals surface area contributed by atoms with Crippen LogP contribution in [0, 0.1) is 11.6 Å². The van der Waals surface area contributed by atoms with Gasteiger partial charge in [0.05, 0.1) is 24.1 Å². The number of benzene rings is 1. The van der Waals surface area contributed by atoms with E-state index >= 15 is 0 Å². The first-order valence-electron chi connectivity index (χ1n) is 7.13. The number of halogens is 3. The minimum absolute atomic E-state index is 0.103. The number of hydrogen-bond donors (Lipinski definition) is 2. The average molecular weight is 347 g/mol. The molecule has 1 aliphatic heterocycles. The molecule has 126 valence electrons. The van der Waals surface area contributed by atoms with Crippen molar-refractivity contribution in [3.8, 4) is 0 Å². The second kappa shape index (κ2) is 6.80. The van der Waals surface area contributed by atoms with Crippen molar-refractivity contribution in [2.45, 2.75) is 24.9 Å². The van der Waals surface area contributed by atoms with Crippen LogP contribution in [0.4, 0.5) is 8.78 Å². The second-order valence-corrected chi connectivity index (χ2v) is 6.01. The lowest BCUT2D eigenvalue weighted by atomic mass is 9.89. The van der Waals surface area contributed by atoms with Gasteiger partial charge in [-0.25, -0.2) is 8.78 Å². The molecule has 1 aliphatic rings. The van der Waals surface area contributed by atoms with Crippen molar-refractivity contribution >= 4 is 23.4 Å². The van der Waals surface area contributed by atoms with Gasteiger partial charge in [-0.15, -0.1) is 0 Å². The Morgan fingerprint density at radius 2 is 2.13 bits per heavy atom. The highest BCUT2D eigenvalue weighted by Crippen LogP contribution is 2.28. The van der Waals surface area contributed by atoms with Gasteiger partial charge in [-0.05, 0) is 25.0 Å². The quantitative estimate of drug-likeness (QED) is 0.819. The average Bonchev–Trinajstić information content (AvgIpc) is 2.51. The molecule has 0 aromatic heterocycles. The zero-order valence-electron chi connectivity index (χ0n) is 12.5. The van der Waals surface area contributed by atoms with E-state index in [2.05, 4.69) is 5.32 Å². The highest BCUT2D eigenvalue weighted by molar-refractivity contribution is 6.31. The lowest BCUT2D eigenvalue weighted by Gasteiger charge is -2.38. The van der Waals surface area contributed by atoms with Crippen LogP contribution in [0.1, 0.15) is 29.6 Å². The topological polar surface area (TPSA) is 69.6 Å². The van der Waals surface area contributed by atoms with Crippen LogP contribution < -0.4 is 5.32 Å². The Morgan fingerprint density at radius 1 is 1.43 bits per heavy atom. The maximum absolute atomic E-state index is 14.0. The lowest BCUT2D eigenvalue weighted by molar-refractivity contribution is -0.127. The van der Waals surface area contributed by atoms with E-state index in [-0.39, 0.29) is 24.4 Å². The van der Waals surface area contributed by atoms with Crippen molar-refractivity contribution < 1.29 is 23.5 Å². The number of aliphatic hydroxyl groups is 1. The molecule has 5 nitrogen and oxygen atoms in total. The molecule has 1 saturated heterocycles. The van der Waals surface area contributed by atoms with Crippen LogP contribution in [0.25, 0.3) is 0 Å². The first kappa shape index (κ1) is 17.6. The summed E-state index contributed by atoms with van der Waals surface area (Å²) in [6.07, 6.45) is 0.673. The van der Waals surface area contributed by atoms with Crippen molar-refractivity contribution in [2.24, 2.45) is 0 Å². The number of β-amino-alcohol motifs (C(OH)–C–C–N with tert-alkyl or cyclic N) is 1. The van der Waals surface area contributed by atoms with E-state index in [9.17, 15) is 23.5 Å². The minimum atomic E-state index is -1.37. The number of piperidine rings is 1. The summed E-state index contributed by atoms with van der Waals surface area (Å²) >= 11 is 5.49. The Kier molecular flexibility index (Phi) is 5.21. The van der Waals surface area contributed by atoms with Gasteiger partial charge in [0.1, 0.15) is 10.8 Å². The molecule has 1 heterocycles. The molecule has 2 N–H and O–H groups in total. The van der Waals surface area contributed by atoms with Crippen LogP contribution in [0.5, 0.6) is 0 Å². The normalized spacial score (nSPS) is 21.2. The molecule has 1 aromatic rings. The summed E-state index contributed by atoms with van der Waals surface area (Å²) in [5.74, 6) is -3.12. The molecule has 1 aromatic carbocycles. The number of rotatable bonds is 3. The second-order valence-electron chi connectivity index (χ2n) is 5.63. The van der Waals surface area contributed by atoms with Crippen molar-refractivity contribution in [1.82, 2.24) is 10.2 Å². The van der Waals surface area contributed by atoms with Gasteiger partial charge < -0.3 is 15.3 Å².